The van der Waals surface area contributed by atoms with E-state index >= 15 is 0 Å². The molecule has 4 nitrogen and oxygen atoms in total. The number of fused-ring (bicyclic) bond motifs is 5. The highest BCUT2D eigenvalue weighted by molar-refractivity contribution is 5.76. The number of methoxy groups -OCH3 is 1. The Kier molecular flexibility index (Phi) is 3.47. The fourth-order valence-corrected chi connectivity index (χ4v) is 4.38. The number of urea groups is 1. The van der Waals surface area contributed by atoms with Crippen LogP contribution < -0.4 is 4.74 Å². The first-order valence-electron chi connectivity index (χ1n) is 8.51. The lowest BCUT2D eigenvalue weighted by Gasteiger charge is -2.39. The summed E-state index contributed by atoms with van der Waals surface area (Å²) in [6.07, 6.45) is 5.73. The summed E-state index contributed by atoms with van der Waals surface area (Å²) in [5.74, 6) is 1.53. The predicted octanol–water partition coefficient (Wildman–Crippen LogP) is 3.54. The van der Waals surface area contributed by atoms with E-state index in [0.29, 0.717) is 5.92 Å². The van der Waals surface area contributed by atoms with Crippen molar-refractivity contribution in [3.63, 3.8) is 0 Å². The van der Waals surface area contributed by atoms with E-state index < -0.39 is 0 Å². The lowest BCUT2D eigenvalue weighted by molar-refractivity contribution is 0.110. The third-order valence-electron chi connectivity index (χ3n) is 5.57. The van der Waals surface area contributed by atoms with Crippen LogP contribution in [0.5, 0.6) is 5.75 Å². The molecule has 2 fully saturated rings. The second kappa shape index (κ2) is 5.49. The smallest absolute Gasteiger partial charge is 0.320 e. The van der Waals surface area contributed by atoms with E-state index in [9.17, 15) is 4.79 Å². The molecule has 0 spiro atoms. The minimum absolute atomic E-state index is 0.256. The molecule has 2 bridgehead atoms. The molecule has 1 aromatic rings. The molecular formula is C18H24N2O2. The van der Waals surface area contributed by atoms with Gasteiger partial charge in [-0.25, -0.2) is 4.79 Å². The van der Waals surface area contributed by atoms with Crippen molar-refractivity contribution < 1.29 is 9.53 Å². The van der Waals surface area contributed by atoms with E-state index in [1.54, 1.807) is 7.11 Å². The molecule has 0 aromatic heterocycles. The van der Waals surface area contributed by atoms with Crippen molar-refractivity contribution in [2.24, 2.45) is 0 Å². The Hall–Kier alpha value is -1.71. The highest BCUT2D eigenvalue weighted by Gasteiger charge is 2.42. The number of carbonyl (C=O) groups excluding carboxylic acids is 1. The van der Waals surface area contributed by atoms with Gasteiger partial charge in [0.05, 0.1) is 13.2 Å². The number of hydrogen-bond donors (Lipinski definition) is 0. The van der Waals surface area contributed by atoms with Gasteiger partial charge in [-0.3, -0.25) is 0 Å². The number of amides is 2. The van der Waals surface area contributed by atoms with Gasteiger partial charge >= 0.3 is 6.03 Å². The molecule has 2 atom stereocenters. The van der Waals surface area contributed by atoms with E-state index in [0.717, 1.165) is 51.1 Å². The Morgan fingerprint density at radius 3 is 2.73 bits per heavy atom. The Labute approximate surface area is 132 Å². The summed E-state index contributed by atoms with van der Waals surface area (Å²) in [5.41, 5.74) is 2.74. The highest BCUT2D eigenvalue weighted by atomic mass is 16.5. The molecule has 1 aliphatic carbocycles. The number of hydrogen-bond acceptors (Lipinski definition) is 2. The van der Waals surface area contributed by atoms with Crippen LogP contribution in [0.1, 0.15) is 55.2 Å². The molecule has 2 aliphatic heterocycles. The SMILES string of the molecule is COc1ccc2c(c1)C1CCN(C(=O)N3CCCCC3)C2C1. The number of carbonyl (C=O) groups is 1. The van der Waals surface area contributed by atoms with Crippen molar-refractivity contribution in [3.8, 4) is 5.75 Å². The fraction of sp³-hybridized carbons (Fsp3) is 0.611. The number of ether oxygens (including phenoxy) is 1. The number of nitrogens with zero attached hydrogens (tertiary/aromatic N) is 2. The normalized spacial score (nSPS) is 26.8. The summed E-state index contributed by atoms with van der Waals surface area (Å²) in [4.78, 5) is 17.1. The highest BCUT2D eigenvalue weighted by Crippen LogP contribution is 2.50. The van der Waals surface area contributed by atoms with Crippen molar-refractivity contribution in [2.75, 3.05) is 26.7 Å². The molecule has 0 saturated carbocycles. The molecule has 118 valence electrons. The van der Waals surface area contributed by atoms with Gasteiger partial charge in [-0.15, -0.1) is 0 Å². The number of rotatable bonds is 1. The van der Waals surface area contributed by atoms with Crippen molar-refractivity contribution in [1.29, 1.82) is 0 Å². The standard InChI is InChI=1S/C18H24N2O2/c1-22-14-5-6-15-16(12-14)13-7-10-20(17(15)11-13)18(21)19-8-3-2-4-9-19/h5-6,12-13,17H,2-4,7-11H2,1H3. The molecule has 0 radical (unpaired) electrons. The summed E-state index contributed by atoms with van der Waals surface area (Å²) in [6, 6.07) is 6.90. The largest absolute Gasteiger partial charge is 0.497 e. The van der Waals surface area contributed by atoms with Gasteiger partial charge in [0.15, 0.2) is 0 Å². The average Bonchev–Trinajstić information content (AvgIpc) is 2.87. The second-order valence-corrected chi connectivity index (χ2v) is 6.76. The minimum atomic E-state index is 0.256. The Morgan fingerprint density at radius 1 is 1.14 bits per heavy atom. The molecule has 4 rings (SSSR count). The van der Waals surface area contributed by atoms with Crippen LogP contribution in [0, 0.1) is 0 Å². The van der Waals surface area contributed by atoms with Gasteiger partial charge < -0.3 is 14.5 Å². The average molecular weight is 300 g/mol. The Bertz CT molecular complexity index is 580. The maximum absolute atomic E-state index is 12.9. The van der Waals surface area contributed by atoms with Crippen LogP contribution in [0.4, 0.5) is 4.79 Å². The maximum Gasteiger partial charge on any atom is 0.320 e. The van der Waals surface area contributed by atoms with E-state index in [1.807, 2.05) is 6.07 Å². The minimum Gasteiger partial charge on any atom is -0.497 e. The van der Waals surface area contributed by atoms with Crippen LogP contribution in [0.3, 0.4) is 0 Å². The lowest BCUT2D eigenvalue weighted by Crippen LogP contribution is -2.48. The molecular weight excluding hydrogens is 276 g/mol. The summed E-state index contributed by atoms with van der Waals surface area (Å²) in [6.45, 7) is 2.75. The third kappa shape index (κ3) is 2.16. The van der Waals surface area contributed by atoms with Crippen LogP contribution in [0.25, 0.3) is 0 Å². The van der Waals surface area contributed by atoms with Gasteiger partial charge in [0.25, 0.3) is 0 Å². The second-order valence-electron chi connectivity index (χ2n) is 6.76. The van der Waals surface area contributed by atoms with Crippen molar-refractivity contribution in [1.82, 2.24) is 9.80 Å². The van der Waals surface area contributed by atoms with Crippen molar-refractivity contribution in [2.45, 2.75) is 44.1 Å². The summed E-state index contributed by atoms with van der Waals surface area (Å²) < 4.78 is 5.37. The predicted molar refractivity (Wildman–Crippen MR) is 85.2 cm³/mol. The van der Waals surface area contributed by atoms with E-state index in [-0.39, 0.29) is 12.1 Å². The molecule has 4 heteroatoms. The summed E-state index contributed by atoms with van der Waals surface area (Å²) >= 11 is 0. The first kappa shape index (κ1) is 13.9. The van der Waals surface area contributed by atoms with E-state index in [2.05, 4.69) is 21.9 Å². The lowest BCUT2D eigenvalue weighted by atomic mass is 9.95. The van der Waals surface area contributed by atoms with Crippen LogP contribution >= 0.6 is 0 Å². The zero-order chi connectivity index (χ0) is 15.1. The van der Waals surface area contributed by atoms with Crippen molar-refractivity contribution >= 4 is 6.03 Å². The molecule has 0 N–H and O–H groups in total. The van der Waals surface area contributed by atoms with Crippen LogP contribution in [-0.2, 0) is 0 Å². The number of likely N-dealkylation sites (tertiary alicyclic amines) is 2. The third-order valence-corrected chi connectivity index (χ3v) is 5.57. The fourth-order valence-electron chi connectivity index (χ4n) is 4.38. The van der Waals surface area contributed by atoms with Crippen LogP contribution in [0.2, 0.25) is 0 Å². The summed E-state index contributed by atoms with van der Waals surface area (Å²) in [5, 5.41) is 0. The zero-order valence-corrected chi connectivity index (χ0v) is 13.3. The van der Waals surface area contributed by atoms with Crippen molar-refractivity contribution in [3.05, 3.63) is 29.3 Å². The van der Waals surface area contributed by atoms with E-state index in [4.69, 9.17) is 4.74 Å². The van der Waals surface area contributed by atoms with Gasteiger partial charge in [0.2, 0.25) is 0 Å². The van der Waals surface area contributed by atoms with Gasteiger partial charge in [0, 0.05) is 19.6 Å². The first-order valence-corrected chi connectivity index (χ1v) is 8.51. The quantitative estimate of drug-likeness (QED) is 0.795. The molecule has 1 aromatic carbocycles. The van der Waals surface area contributed by atoms with Gasteiger partial charge in [-0.05, 0) is 61.3 Å². The van der Waals surface area contributed by atoms with Crippen LogP contribution in [-0.4, -0.2) is 42.6 Å². The Balaban J connectivity index is 1.60. The maximum atomic E-state index is 12.9. The molecule has 2 unspecified atom stereocenters. The topological polar surface area (TPSA) is 32.8 Å². The van der Waals surface area contributed by atoms with E-state index in [1.165, 1.54) is 17.5 Å². The summed E-state index contributed by atoms with van der Waals surface area (Å²) in [7, 11) is 1.72. The number of piperidine rings is 2. The molecule has 2 amide bonds. The first-order chi connectivity index (χ1) is 10.8. The number of benzene rings is 1. The Morgan fingerprint density at radius 2 is 1.95 bits per heavy atom. The zero-order valence-electron chi connectivity index (χ0n) is 13.3. The monoisotopic (exact) mass is 300 g/mol. The van der Waals surface area contributed by atoms with Gasteiger partial charge in [0.1, 0.15) is 5.75 Å². The van der Waals surface area contributed by atoms with Crippen LogP contribution in [0.15, 0.2) is 18.2 Å². The molecule has 3 aliphatic rings. The molecule has 2 heterocycles. The van der Waals surface area contributed by atoms with Gasteiger partial charge in [-0.2, -0.15) is 0 Å². The molecule has 2 saturated heterocycles. The van der Waals surface area contributed by atoms with Gasteiger partial charge in [-0.1, -0.05) is 6.07 Å². The molecule has 22 heavy (non-hydrogen) atoms.